The van der Waals surface area contributed by atoms with Gasteiger partial charge in [-0.15, -0.1) is 0 Å². The molecule has 0 amide bonds. The molecule has 0 unspecified atom stereocenters. The molecule has 0 aliphatic rings. The van der Waals surface area contributed by atoms with Crippen molar-refractivity contribution in [3.63, 3.8) is 0 Å². The van der Waals surface area contributed by atoms with Gasteiger partial charge in [0.1, 0.15) is 5.76 Å². The van der Waals surface area contributed by atoms with E-state index in [2.05, 4.69) is 5.16 Å². The number of benzene rings is 2. The van der Waals surface area contributed by atoms with Gasteiger partial charge in [0, 0.05) is 36.4 Å². The molecule has 3 rings (SSSR count). The van der Waals surface area contributed by atoms with Gasteiger partial charge >= 0.3 is 6.18 Å². The van der Waals surface area contributed by atoms with Crippen LogP contribution in [0.2, 0.25) is 0 Å². The number of anilines is 3. The molecule has 3 aromatic rings. The summed E-state index contributed by atoms with van der Waals surface area (Å²) >= 11 is 0. The zero-order valence-electron chi connectivity index (χ0n) is 17.7. The summed E-state index contributed by atoms with van der Waals surface area (Å²) in [7, 11) is 1.72. The topological polar surface area (TPSA) is 84.5 Å². The van der Waals surface area contributed by atoms with Crippen molar-refractivity contribution >= 4 is 17.1 Å². The Balaban J connectivity index is 2.09. The van der Waals surface area contributed by atoms with Crippen molar-refractivity contribution in [2.45, 2.75) is 26.9 Å². The van der Waals surface area contributed by atoms with E-state index < -0.39 is 11.7 Å². The molecule has 31 heavy (non-hydrogen) atoms. The first kappa shape index (κ1) is 22.2. The number of alkyl halides is 3. The fourth-order valence-corrected chi connectivity index (χ4v) is 3.52. The molecule has 1 heterocycles. The van der Waals surface area contributed by atoms with E-state index in [1.165, 1.54) is 6.07 Å². The Morgan fingerprint density at radius 3 is 2.32 bits per heavy atom. The third kappa shape index (κ3) is 4.36. The van der Waals surface area contributed by atoms with Crippen LogP contribution in [0.3, 0.4) is 0 Å². The Labute approximate surface area is 178 Å². The number of aryl methyl sites for hydroxylation is 3. The second-order valence-electron chi connectivity index (χ2n) is 7.21. The molecule has 6 nitrogen and oxygen atoms in total. The molecule has 4 N–H and O–H groups in total. The maximum Gasteiger partial charge on any atom is 0.418 e. The molecule has 0 radical (unpaired) electrons. The lowest BCUT2D eigenvalue weighted by molar-refractivity contribution is -0.137. The van der Waals surface area contributed by atoms with E-state index in [-0.39, 0.29) is 5.69 Å². The highest BCUT2D eigenvalue weighted by atomic mass is 19.4. The van der Waals surface area contributed by atoms with Gasteiger partial charge in [-0.05, 0) is 56.2 Å². The van der Waals surface area contributed by atoms with Crippen LogP contribution in [0, 0.1) is 20.8 Å². The van der Waals surface area contributed by atoms with E-state index in [0.717, 1.165) is 51.5 Å². The first-order valence-corrected chi connectivity index (χ1v) is 9.45. The smallest absolute Gasteiger partial charge is 0.403 e. The van der Waals surface area contributed by atoms with Gasteiger partial charge in [0.2, 0.25) is 0 Å². The summed E-state index contributed by atoms with van der Waals surface area (Å²) in [5, 5.41) is 4.83. The van der Waals surface area contributed by atoms with E-state index in [1.807, 2.05) is 39.0 Å². The van der Waals surface area contributed by atoms with Gasteiger partial charge in [0.05, 0.1) is 16.9 Å². The molecule has 0 spiro atoms. The largest absolute Gasteiger partial charge is 0.418 e. The summed E-state index contributed by atoms with van der Waals surface area (Å²) in [6.45, 7) is 5.56. The third-order valence-corrected chi connectivity index (χ3v) is 5.09. The van der Waals surface area contributed by atoms with Gasteiger partial charge < -0.3 is 15.2 Å². The van der Waals surface area contributed by atoms with Gasteiger partial charge in [-0.1, -0.05) is 17.3 Å². The zero-order valence-corrected chi connectivity index (χ0v) is 17.7. The Morgan fingerprint density at radius 2 is 1.74 bits per heavy atom. The molecule has 0 saturated carbocycles. The number of hydrogen-bond donors (Lipinski definition) is 2. The average Bonchev–Trinajstić information content (AvgIpc) is 3.05. The van der Waals surface area contributed by atoms with Crippen LogP contribution in [-0.4, -0.2) is 12.2 Å². The number of rotatable bonds is 5. The number of nitrogens with zero attached hydrogens (tertiary/aromatic N) is 3. The Kier molecular flexibility index (Phi) is 5.99. The molecular weight excluding hydrogens is 407 g/mol. The normalized spacial score (nSPS) is 11.9. The molecule has 9 heteroatoms. The third-order valence-electron chi connectivity index (χ3n) is 5.09. The fraction of sp³-hybridized carbons (Fsp3) is 0.227. The average molecular weight is 431 g/mol. The predicted molar refractivity (Wildman–Crippen MR) is 116 cm³/mol. The Morgan fingerprint density at radius 1 is 1.03 bits per heavy atom. The number of nitrogens with two attached hydrogens (primary N) is 2. The lowest BCUT2D eigenvalue weighted by Gasteiger charge is -2.26. The summed E-state index contributed by atoms with van der Waals surface area (Å²) < 4.78 is 46.5. The van der Waals surface area contributed by atoms with Crippen LogP contribution in [0.15, 0.2) is 53.3 Å². The summed E-state index contributed by atoms with van der Waals surface area (Å²) in [5.74, 6) is 6.38. The minimum absolute atomic E-state index is 0.201. The highest BCUT2D eigenvalue weighted by Gasteiger charge is 2.35. The summed E-state index contributed by atoms with van der Waals surface area (Å²) in [6, 6.07) is 9.74. The molecule has 0 atom stereocenters. The van der Waals surface area contributed by atoms with Crippen molar-refractivity contribution in [2.24, 2.45) is 11.6 Å². The molecule has 0 aliphatic heterocycles. The molecule has 2 aromatic carbocycles. The quantitative estimate of drug-likeness (QED) is 0.429. The van der Waals surface area contributed by atoms with Gasteiger partial charge in [-0.2, -0.15) is 13.2 Å². The van der Waals surface area contributed by atoms with Crippen LogP contribution in [0.1, 0.15) is 22.6 Å². The van der Waals surface area contributed by atoms with Crippen molar-refractivity contribution in [2.75, 3.05) is 17.0 Å². The monoisotopic (exact) mass is 431 g/mol. The Bertz CT molecular complexity index is 1100. The molecule has 0 fully saturated rings. The first-order chi connectivity index (χ1) is 14.5. The first-order valence-electron chi connectivity index (χ1n) is 9.45. The fourth-order valence-electron chi connectivity index (χ4n) is 3.52. The van der Waals surface area contributed by atoms with Gasteiger partial charge in [-0.25, -0.2) is 5.84 Å². The van der Waals surface area contributed by atoms with Crippen LogP contribution in [0.25, 0.3) is 11.1 Å². The maximum absolute atomic E-state index is 13.7. The van der Waals surface area contributed by atoms with Crippen molar-refractivity contribution in [1.29, 1.82) is 0 Å². The second-order valence-corrected chi connectivity index (χ2v) is 7.21. The van der Waals surface area contributed by atoms with E-state index >= 15 is 0 Å². The number of hydrogen-bond acceptors (Lipinski definition) is 6. The minimum Gasteiger partial charge on any atom is -0.403 e. The summed E-state index contributed by atoms with van der Waals surface area (Å²) in [6.07, 6.45) is -2.37. The highest BCUT2D eigenvalue weighted by Crippen LogP contribution is 2.40. The van der Waals surface area contributed by atoms with Crippen molar-refractivity contribution < 1.29 is 17.7 Å². The van der Waals surface area contributed by atoms with Gasteiger partial charge in [-0.3, -0.25) is 5.01 Å². The molecular formula is C22H24F3N5O. The van der Waals surface area contributed by atoms with Crippen molar-refractivity contribution in [1.82, 2.24) is 5.16 Å². The van der Waals surface area contributed by atoms with Crippen LogP contribution in [0.5, 0.6) is 0 Å². The number of aromatic nitrogens is 1. The van der Waals surface area contributed by atoms with E-state index in [1.54, 1.807) is 18.0 Å². The van der Waals surface area contributed by atoms with Gasteiger partial charge in [0.15, 0.2) is 0 Å². The maximum atomic E-state index is 13.7. The van der Waals surface area contributed by atoms with Crippen LogP contribution < -0.4 is 21.5 Å². The van der Waals surface area contributed by atoms with Crippen LogP contribution >= 0.6 is 0 Å². The number of hydrazine groups is 1. The highest BCUT2D eigenvalue weighted by molar-refractivity contribution is 5.77. The van der Waals surface area contributed by atoms with Crippen molar-refractivity contribution in [3.05, 3.63) is 71.4 Å². The zero-order chi connectivity index (χ0) is 22.9. The molecule has 164 valence electrons. The predicted octanol–water partition coefficient (Wildman–Crippen LogP) is 5.16. The van der Waals surface area contributed by atoms with Crippen LogP contribution in [0.4, 0.5) is 30.2 Å². The second kappa shape index (κ2) is 8.35. The molecule has 0 bridgehead atoms. The summed E-state index contributed by atoms with van der Waals surface area (Å²) in [5.41, 5.74) is 8.71. The lowest BCUT2D eigenvalue weighted by atomic mass is 10.0. The molecule has 0 saturated heterocycles. The van der Waals surface area contributed by atoms with E-state index in [9.17, 15) is 13.2 Å². The SMILES string of the molecule is Cc1ccc(-c2c(C)noc2C)cc1N(C)c1ccc(N(N)/C=C\N)c(C(F)(F)F)c1. The lowest BCUT2D eigenvalue weighted by Crippen LogP contribution is -2.27. The summed E-state index contributed by atoms with van der Waals surface area (Å²) in [4.78, 5) is 1.70. The van der Waals surface area contributed by atoms with Gasteiger partial charge in [0.25, 0.3) is 0 Å². The molecule has 0 aliphatic carbocycles. The minimum atomic E-state index is -4.60. The number of halogens is 3. The molecule has 1 aromatic heterocycles. The Hall–Kier alpha value is -3.46. The van der Waals surface area contributed by atoms with Crippen molar-refractivity contribution in [3.8, 4) is 11.1 Å². The van der Waals surface area contributed by atoms with Crippen LogP contribution in [-0.2, 0) is 6.18 Å². The van der Waals surface area contributed by atoms with E-state index in [0.29, 0.717) is 11.4 Å². The standard InChI is InChI=1S/C22H24F3N5O/c1-13-5-6-16(21-14(2)28-31-15(21)3)11-20(13)29(4)17-7-8-19(30(27)10-9-26)18(12-17)22(23,24)25/h5-12H,26-27H2,1-4H3/b10-9-. The van der Waals surface area contributed by atoms with E-state index in [4.69, 9.17) is 16.1 Å².